The fraction of sp³-hybridized carbons (Fsp3) is 0.250. The minimum Gasteiger partial charge on any atom is -0.326 e. The lowest BCUT2D eigenvalue weighted by molar-refractivity contribution is 1.33. The van der Waals surface area contributed by atoms with E-state index < -0.39 is 0 Å². The van der Waals surface area contributed by atoms with Crippen molar-refractivity contribution in [2.24, 2.45) is 10.7 Å². The second-order valence-corrected chi connectivity index (χ2v) is 0.750. The summed E-state index contributed by atoms with van der Waals surface area (Å²) in [6.07, 6.45) is 3.04. The highest BCUT2D eigenvalue weighted by Crippen LogP contribution is 1.57. The Hall–Kier alpha value is -0.630. The fourth-order valence-corrected chi connectivity index (χ4v) is 0.135. The van der Waals surface area contributed by atoms with Crippen LogP contribution in [-0.2, 0) is 0 Å². The first-order chi connectivity index (χ1) is 2.91. The van der Waals surface area contributed by atoms with Crippen molar-refractivity contribution in [1.82, 2.24) is 0 Å². The summed E-state index contributed by atoms with van der Waals surface area (Å²) in [5.74, 6) is 0. The maximum absolute atomic E-state index is 5.02. The molecular formula is C4H8N2. The van der Waals surface area contributed by atoms with E-state index >= 15 is 0 Å². The Labute approximate surface area is 37.4 Å². The van der Waals surface area contributed by atoms with Crippen LogP contribution in [0.5, 0.6) is 0 Å². The van der Waals surface area contributed by atoms with Gasteiger partial charge in [-0.3, -0.25) is 4.99 Å². The van der Waals surface area contributed by atoms with Crippen LogP contribution in [0.1, 0.15) is 0 Å². The Bertz CT molecular complexity index is 56.6. The lowest BCUT2D eigenvalue weighted by atomic mass is 10.7. The van der Waals surface area contributed by atoms with Crippen molar-refractivity contribution in [3.8, 4) is 0 Å². The summed E-state index contributed by atoms with van der Waals surface area (Å²) < 4.78 is 0. The zero-order chi connectivity index (χ0) is 4.83. The van der Waals surface area contributed by atoms with Crippen LogP contribution in [0.4, 0.5) is 0 Å². The second-order valence-electron chi connectivity index (χ2n) is 0.750. The van der Waals surface area contributed by atoms with Crippen molar-refractivity contribution in [2.75, 3.05) is 6.54 Å². The van der Waals surface area contributed by atoms with Gasteiger partial charge in [-0.1, -0.05) is 6.58 Å². The molecule has 0 aromatic heterocycles. The average Bonchev–Trinajstić information content (AvgIpc) is 1.61. The molecule has 0 aromatic carbocycles. The summed E-state index contributed by atoms with van der Waals surface area (Å²) in [4.78, 5) is 3.60. The number of hydrogen-bond acceptors (Lipinski definition) is 2. The summed E-state index contributed by atoms with van der Waals surface area (Å²) in [5, 5.41) is 0. The molecule has 2 heteroatoms. The maximum Gasteiger partial charge on any atom is 0.0283 e. The van der Waals surface area contributed by atoms with Gasteiger partial charge in [-0.05, 0) is 0 Å². The van der Waals surface area contributed by atoms with E-state index in [0.29, 0.717) is 6.54 Å². The summed E-state index contributed by atoms with van der Waals surface area (Å²) in [6, 6.07) is 0. The molecular weight excluding hydrogens is 76.1 g/mol. The van der Waals surface area contributed by atoms with Crippen molar-refractivity contribution in [1.29, 1.82) is 0 Å². The van der Waals surface area contributed by atoms with Crippen LogP contribution in [0.25, 0.3) is 0 Å². The number of nitrogens with zero attached hydrogens (tertiary/aromatic N) is 1. The van der Waals surface area contributed by atoms with Gasteiger partial charge in [0.25, 0.3) is 0 Å². The molecule has 0 fully saturated rings. The Morgan fingerprint density at radius 2 is 2.50 bits per heavy atom. The molecule has 0 rings (SSSR count). The van der Waals surface area contributed by atoms with E-state index in [4.69, 9.17) is 5.73 Å². The maximum atomic E-state index is 5.02. The van der Waals surface area contributed by atoms with Crippen LogP contribution in [0.2, 0.25) is 0 Å². The van der Waals surface area contributed by atoms with Gasteiger partial charge in [0.15, 0.2) is 0 Å². The molecule has 0 unspecified atom stereocenters. The van der Waals surface area contributed by atoms with Crippen LogP contribution in [0.15, 0.2) is 17.8 Å². The van der Waals surface area contributed by atoms with Crippen molar-refractivity contribution < 1.29 is 0 Å². The molecule has 2 N–H and O–H groups in total. The van der Waals surface area contributed by atoms with Gasteiger partial charge in [-0.2, -0.15) is 0 Å². The SMILES string of the molecule is C=CN=CCN. The Morgan fingerprint density at radius 3 is 2.67 bits per heavy atom. The Kier molecular flexibility index (Phi) is 3.91. The summed E-state index contributed by atoms with van der Waals surface area (Å²) in [6.45, 7) is 3.84. The average molecular weight is 84.1 g/mol. The molecule has 0 heterocycles. The highest BCUT2D eigenvalue weighted by molar-refractivity contribution is 5.59. The molecule has 0 spiro atoms. The van der Waals surface area contributed by atoms with Gasteiger partial charge >= 0.3 is 0 Å². The molecule has 0 aliphatic heterocycles. The zero-order valence-electron chi connectivity index (χ0n) is 3.59. The molecule has 0 atom stereocenters. The monoisotopic (exact) mass is 84.1 g/mol. The lowest BCUT2D eigenvalue weighted by Crippen LogP contribution is -1.97. The van der Waals surface area contributed by atoms with E-state index in [0.717, 1.165) is 0 Å². The number of nitrogens with two attached hydrogens (primary N) is 1. The van der Waals surface area contributed by atoms with Crippen LogP contribution in [-0.4, -0.2) is 12.8 Å². The van der Waals surface area contributed by atoms with E-state index in [1.165, 1.54) is 6.20 Å². The van der Waals surface area contributed by atoms with Gasteiger partial charge in [0.1, 0.15) is 0 Å². The van der Waals surface area contributed by atoms with Gasteiger partial charge < -0.3 is 5.73 Å². The minimum atomic E-state index is 0.492. The number of aliphatic imine (C=N–C) groups is 1. The Balaban J connectivity index is 2.94. The first kappa shape index (κ1) is 5.37. The smallest absolute Gasteiger partial charge is 0.0283 e. The zero-order valence-corrected chi connectivity index (χ0v) is 3.59. The molecule has 0 saturated heterocycles. The largest absolute Gasteiger partial charge is 0.326 e. The van der Waals surface area contributed by atoms with Crippen molar-refractivity contribution in [3.05, 3.63) is 12.8 Å². The van der Waals surface area contributed by atoms with E-state index in [2.05, 4.69) is 11.6 Å². The standard InChI is InChI=1S/C4H8N2/c1-2-6-4-3-5/h2,4H,1,3,5H2. The minimum absolute atomic E-state index is 0.492. The third kappa shape index (κ3) is 3.37. The van der Waals surface area contributed by atoms with Crippen LogP contribution in [0.3, 0.4) is 0 Å². The molecule has 0 bridgehead atoms. The van der Waals surface area contributed by atoms with Gasteiger partial charge in [0, 0.05) is 19.0 Å². The van der Waals surface area contributed by atoms with Crippen LogP contribution >= 0.6 is 0 Å². The molecule has 6 heavy (non-hydrogen) atoms. The lowest BCUT2D eigenvalue weighted by Gasteiger charge is -1.69. The third-order valence-electron chi connectivity index (χ3n) is 0.316. The Morgan fingerprint density at radius 1 is 1.83 bits per heavy atom. The molecule has 0 amide bonds. The molecule has 0 aliphatic carbocycles. The molecule has 0 aromatic rings. The molecule has 0 radical (unpaired) electrons. The quantitative estimate of drug-likeness (QED) is 0.475. The summed E-state index contributed by atoms with van der Waals surface area (Å²) in [5.41, 5.74) is 5.02. The van der Waals surface area contributed by atoms with E-state index in [1.54, 1.807) is 6.21 Å². The van der Waals surface area contributed by atoms with E-state index in [1.807, 2.05) is 0 Å². The van der Waals surface area contributed by atoms with Gasteiger partial charge in [-0.25, -0.2) is 0 Å². The van der Waals surface area contributed by atoms with Crippen molar-refractivity contribution in [2.45, 2.75) is 0 Å². The summed E-state index contributed by atoms with van der Waals surface area (Å²) in [7, 11) is 0. The number of rotatable bonds is 2. The van der Waals surface area contributed by atoms with Crippen molar-refractivity contribution >= 4 is 6.21 Å². The first-order valence-electron chi connectivity index (χ1n) is 1.74. The molecule has 34 valence electrons. The predicted octanol–water partition coefficient (Wildman–Crippen LogP) is 0.159. The van der Waals surface area contributed by atoms with Gasteiger partial charge in [0.2, 0.25) is 0 Å². The van der Waals surface area contributed by atoms with Crippen LogP contribution < -0.4 is 5.73 Å². The first-order valence-corrected chi connectivity index (χ1v) is 1.74. The van der Waals surface area contributed by atoms with E-state index in [-0.39, 0.29) is 0 Å². The predicted molar refractivity (Wildman–Crippen MR) is 27.7 cm³/mol. The fourth-order valence-electron chi connectivity index (χ4n) is 0.135. The molecule has 0 saturated carbocycles. The topological polar surface area (TPSA) is 38.4 Å². The van der Waals surface area contributed by atoms with Crippen LogP contribution in [0, 0.1) is 0 Å². The van der Waals surface area contributed by atoms with Gasteiger partial charge in [-0.15, -0.1) is 0 Å². The summed E-state index contributed by atoms with van der Waals surface area (Å²) >= 11 is 0. The highest BCUT2D eigenvalue weighted by Gasteiger charge is 1.55. The molecule has 0 aliphatic rings. The third-order valence-corrected chi connectivity index (χ3v) is 0.316. The highest BCUT2D eigenvalue weighted by atomic mass is 14.7. The van der Waals surface area contributed by atoms with E-state index in [9.17, 15) is 0 Å². The molecule has 2 nitrogen and oxygen atoms in total. The normalized spacial score (nSPS) is 9.50. The van der Waals surface area contributed by atoms with Gasteiger partial charge in [0.05, 0.1) is 0 Å². The van der Waals surface area contributed by atoms with Crippen molar-refractivity contribution in [3.63, 3.8) is 0 Å². The number of hydrogen-bond donors (Lipinski definition) is 1. The second kappa shape index (κ2) is 4.37.